The minimum atomic E-state index is 0.227. The summed E-state index contributed by atoms with van der Waals surface area (Å²) in [4.78, 5) is 8.93. The van der Waals surface area contributed by atoms with Crippen LogP contribution in [0.3, 0.4) is 0 Å². The fourth-order valence-corrected chi connectivity index (χ4v) is 2.46. The van der Waals surface area contributed by atoms with Gasteiger partial charge in [0.25, 0.3) is 0 Å². The van der Waals surface area contributed by atoms with Gasteiger partial charge in [-0.2, -0.15) is 0 Å². The SMILES string of the molecule is CCNC(=NCCCCNc1ccccn1)NC(C)c1ccccc1. The highest BCUT2D eigenvalue weighted by molar-refractivity contribution is 5.80. The number of unbranched alkanes of at least 4 members (excludes halogenated alkanes) is 1. The smallest absolute Gasteiger partial charge is 0.191 e. The molecule has 25 heavy (non-hydrogen) atoms. The Bertz CT molecular complexity index is 612. The van der Waals surface area contributed by atoms with E-state index in [-0.39, 0.29) is 6.04 Å². The standard InChI is InChI=1S/C20H29N5/c1-3-21-20(25-17(2)18-11-5-4-6-12-18)24-16-10-9-15-23-19-13-7-8-14-22-19/h4-8,11-14,17H,3,9-10,15-16H2,1-2H3,(H,22,23)(H2,21,24,25). The molecule has 1 unspecified atom stereocenters. The van der Waals surface area contributed by atoms with Crippen LogP contribution in [0.5, 0.6) is 0 Å². The van der Waals surface area contributed by atoms with E-state index in [9.17, 15) is 0 Å². The summed E-state index contributed by atoms with van der Waals surface area (Å²) < 4.78 is 0. The second kappa shape index (κ2) is 11.1. The molecule has 0 fully saturated rings. The Labute approximate surface area is 151 Å². The molecule has 0 saturated heterocycles. The highest BCUT2D eigenvalue weighted by atomic mass is 15.2. The number of nitrogens with zero attached hydrogens (tertiary/aromatic N) is 2. The van der Waals surface area contributed by atoms with Crippen LogP contribution < -0.4 is 16.0 Å². The highest BCUT2D eigenvalue weighted by Gasteiger charge is 2.06. The van der Waals surface area contributed by atoms with Crippen LogP contribution in [0.1, 0.15) is 38.3 Å². The van der Waals surface area contributed by atoms with Crippen molar-refractivity contribution in [2.75, 3.05) is 25.0 Å². The minimum Gasteiger partial charge on any atom is -0.370 e. The van der Waals surface area contributed by atoms with Gasteiger partial charge in [0.15, 0.2) is 5.96 Å². The molecule has 5 heteroatoms. The zero-order valence-corrected chi connectivity index (χ0v) is 15.2. The Hall–Kier alpha value is -2.56. The normalized spacial score (nSPS) is 12.5. The van der Waals surface area contributed by atoms with Crippen LogP contribution in [0.4, 0.5) is 5.82 Å². The molecule has 2 rings (SSSR count). The zero-order chi connectivity index (χ0) is 17.7. The second-order valence-electron chi connectivity index (χ2n) is 5.89. The van der Waals surface area contributed by atoms with Crippen LogP contribution in [-0.4, -0.2) is 30.6 Å². The summed E-state index contributed by atoms with van der Waals surface area (Å²) in [5.74, 6) is 1.80. The van der Waals surface area contributed by atoms with Crippen molar-refractivity contribution in [2.24, 2.45) is 4.99 Å². The van der Waals surface area contributed by atoms with Gasteiger partial charge < -0.3 is 16.0 Å². The molecule has 1 aromatic heterocycles. The summed E-state index contributed by atoms with van der Waals surface area (Å²) >= 11 is 0. The van der Waals surface area contributed by atoms with Gasteiger partial charge in [-0.3, -0.25) is 4.99 Å². The van der Waals surface area contributed by atoms with Crippen LogP contribution in [-0.2, 0) is 0 Å². The fraction of sp³-hybridized carbons (Fsp3) is 0.400. The first-order valence-electron chi connectivity index (χ1n) is 9.04. The molecule has 0 aliphatic heterocycles. The third-order valence-electron chi connectivity index (χ3n) is 3.82. The lowest BCUT2D eigenvalue weighted by atomic mass is 10.1. The van der Waals surface area contributed by atoms with Gasteiger partial charge in [0, 0.05) is 25.8 Å². The summed E-state index contributed by atoms with van der Waals surface area (Å²) in [6, 6.07) is 16.5. The van der Waals surface area contributed by atoms with Crippen LogP contribution in [0.15, 0.2) is 59.7 Å². The first kappa shape index (κ1) is 18.8. The third-order valence-corrected chi connectivity index (χ3v) is 3.82. The molecule has 0 saturated carbocycles. The van der Waals surface area contributed by atoms with Crippen molar-refractivity contribution in [1.82, 2.24) is 15.6 Å². The van der Waals surface area contributed by atoms with Gasteiger partial charge in [-0.05, 0) is 44.4 Å². The number of guanidine groups is 1. The number of pyridine rings is 1. The van der Waals surface area contributed by atoms with E-state index in [1.807, 2.05) is 24.3 Å². The van der Waals surface area contributed by atoms with Crippen molar-refractivity contribution in [3.05, 3.63) is 60.3 Å². The first-order chi connectivity index (χ1) is 12.3. The van der Waals surface area contributed by atoms with Crippen LogP contribution in [0.2, 0.25) is 0 Å². The molecule has 134 valence electrons. The summed E-state index contributed by atoms with van der Waals surface area (Å²) in [6.45, 7) is 6.81. The average Bonchev–Trinajstić information content (AvgIpc) is 2.66. The van der Waals surface area contributed by atoms with Crippen LogP contribution >= 0.6 is 0 Å². The van der Waals surface area contributed by atoms with Crippen molar-refractivity contribution < 1.29 is 0 Å². The Morgan fingerprint density at radius 2 is 1.88 bits per heavy atom. The quantitative estimate of drug-likeness (QED) is 0.371. The maximum atomic E-state index is 4.67. The second-order valence-corrected chi connectivity index (χ2v) is 5.89. The largest absolute Gasteiger partial charge is 0.370 e. The topological polar surface area (TPSA) is 61.3 Å². The van der Waals surface area contributed by atoms with Crippen LogP contribution in [0, 0.1) is 0 Å². The first-order valence-corrected chi connectivity index (χ1v) is 9.04. The lowest BCUT2D eigenvalue weighted by molar-refractivity contribution is 0.680. The van der Waals surface area contributed by atoms with Crippen molar-refractivity contribution in [1.29, 1.82) is 0 Å². The van der Waals surface area contributed by atoms with Gasteiger partial charge in [0.1, 0.15) is 5.82 Å². The zero-order valence-electron chi connectivity index (χ0n) is 15.2. The van der Waals surface area contributed by atoms with E-state index in [2.05, 4.69) is 64.0 Å². The molecular weight excluding hydrogens is 310 g/mol. The van der Waals surface area contributed by atoms with E-state index >= 15 is 0 Å². The Morgan fingerprint density at radius 1 is 1.08 bits per heavy atom. The molecule has 1 atom stereocenters. The summed E-state index contributed by atoms with van der Waals surface area (Å²) in [7, 11) is 0. The maximum Gasteiger partial charge on any atom is 0.191 e. The molecule has 0 radical (unpaired) electrons. The number of anilines is 1. The lowest BCUT2D eigenvalue weighted by Gasteiger charge is -2.18. The number of hydrogen-bond donors (Lipinski definition) is 3. The Balaban J connectivity index is 1.71. The molecule has 1 heterocycles. The third kappa shape index (κ3) is 7.25. The number of hydrogen-bond acceptors (Lipinski definition) is 3. The van der Waals surface area contributed by atoms with E-state index in [1.165, 1.54) is 5.56 Å². The van der Waals surface area contributed by atoms with Gasteiger partial charge in [0.2, 0.25) is 0 Å². The van der Waals surface area contributed by atoms with E-state index < -0.39 is 0 Å². The molecule has 2 aromatic rings. The molecule has 0 spiro atoms. The van der Waals surface area contributed by atoms with Gasteiger partial charge >= 0.3 is 0 Å². The number of rotatable bonds is 9. The van der Waals surface area contributed by atoms with Crippen molar-refractivity contribution in [3.63, 3.8) is 0 Å². The summed E-state index contributed by atoms with van der Waals surface area (Å²) in [6.07, 6.45) is 3.90. The van der Waals surface area contributed by atoms with Gasteiger partial charge in [-0.15, -0.1) is 0 Å². The van der Waals surface area contributed by atoms with Crippen molar-refractivity contribution in [3.8, 4) is 0 Å². The van der Waals surface area contributed by atoms with E-state index in [4.69, 9.17) is 0 Å². The summed E-state index contributed by atoms with van der Waals surface area (Å²) in [5.41, 5.74) is 1.26. The molecule has 0 aliphatic rings. The fourth-order valence-electron chi connectivity index (χ4n) is 2.46. The highest BCUT2D eigenvalue weighted by Crippen LogP contribution is 2.10. The number of nitrogens with one attached hydrogen (secondary N) is 3. The average molecular weight is 339 g/mol. The Kier molecular flexibility index (Phi) is 8.32. The molecule has 0 amide bonds. The van der Waals surface area contributed by atoms with Gasteiger partial charge in [0.05, 0.1) is 6.04 Å². The molecule has 1 aromatic carbocycles. The van der Waals surface area contributed by atoms with E-state index in [1.54, 1.807) is 6.20 Å². The van der Waals surface area contributed by atoms with Crippen molar-refractivity contribution in [2.45, 2.75) is 32.7 Å². The van der Waals surface area contributed by atoms with E-state index in [0.29, 0.717) is 0 Å². The predicted molar refractivity (Wildman–Crippen MR) is 106 cm³/mol. The molecule has 0 bridgehead atoms. The van der Waals surface area contributed by atoms with Gasteiger partial charge in [-0.25, -0.2) is 4.98 Å². The van der Waals surface area contributed by atoms with Gasteiger partial charge in [-0.1, -0.05) is 36.4 Å². The van der Waals surface area contributed by atoms with Crippen LogP contribution in [0.25, 0.3) is 0 Å². The predicted octanol–water partition coefficient (Wildman–Crippen LogP) is 3.59. The molecule has 5 nitrogen and oxygen atoms in total. The number of aliphatic imine (C=N–C) groups is 1. The number of aromatic nitrogens is 1. The number of benzene rings is 1. The maximum absolute atomic E-state index is 4.67. The molecule has 0 aliphatic carbocycles. The monoisotopic (exact) mass is 339 g/mol. The van der Waals surface area contributed by atoms with E-state index in [0.717, 1.165) is 44.3 Å². The summed E-state index contributed by atoms with van der Waals surface area (Å²) in [5, 5.41) is 10.1. The van der Waals surface area contributed by atoms with Crippen molar-refractivity contribution >= 4 is 11.8 Å². The molecule has 3 N–H and O–H groups in total. The lowest BCUT2D eigenvalue weighted by Crippen LogP contribution is -2.38. The Morgan fingerprint density at radius 3 is 2.60 bits per heavy atom. The molecular formula is C20H29N5. The minimum absolute atomic E-state index is 0.227.